The van der Waals surface area contributed by atoms with E-state index in [4.69, 9.17) is 11.6 Å². The third-order valence-electron chi connectivity index (χ3n) is 4.35. The van der Waals surface area contributed by atoms with E-state index in [2.05, 4.69) is 9.82 Å². The van der Waals surface area contributed by atoms with Crippen LogP contribution in [-0.4, -0.2) is 39.0 Å². The van der Waals surface area contributed by atoms with E-state index in [-0.39, 0.29) is 17.2 Å². The number of benzene rings is 2. The average molecular weight is 460 g/mol. The van der Waals surface area contributed by atoms with Crippen LogP contribution in [0.2, 0.25) is 5.02 Å². The Morgan fingerprint density at radius 3 is 2.55 bits per heavy atom. The van der Waals surface area contributed by atoms with Crippen molar-refractivity contribution < 1.29 is 21.2 Å². The highest BCUT2D eigenvalue weighted by Crippen LogP contribution is 2.36. The smallest absolute Gasteiger partial charge is 0.250 e. The van der Waals surface area contributed by atoms with E-state index in [0.29, 0.717) is 22.5 Å². The first-order chi connectivity index (χ1) is 13.5. The molecule has 0 saturated heterocycles. The molecule has 0 aromatic heterocycles. The molecule has 1 aliphatic rings. The highest BCUT2D eigenvalue weighted by molar-refractivity contribution is 7.92. The van der Waals surface area contributed by atoms with Crippen LogP contribution in [0, 0.1) is 5.82 Å². The molecule has 29 heavy (non-hydrogen) atoms. The highest BCUT2D eigenvalue weighted by atomic mass is 35.5. The molecule has 1 N–H and O–H groups in total. The second-order valence-electron chi connectivity index (χ2n) is 6.57. The van der Waals surface area contributed by atoms with E-state index >= 15 is 0 Å². The Balaban J connectivity index is 2.02. The molecule has 156 valence electrons. The molecule has 0 unspecified atom stereocenters. The Morgan fingerprint density at radius 2 is 1.93 bits per heavy atom. The molecule has 11 heteroatoms. The van der Waals surface area contributed by atoms with E-state index in [9.17, 15) is 21.2 Å². The van der Waals surface area contributed by atoms with Gasteiger partial charge in [-0.15, -0.1) is 0 Å². The SMILES string of the molecule is CCS(=O)(=O)N1N=C(c2cccc(NS(C)(=O)=O)c2)C[C@@H]1c1ccc(F)c(Cl)c1. The Hall–Kier alpha value is -2.17. The van der Waals surface area contributed by atoms with Crippen LogP contribution in [0.4, 0.5) is 10.1 Å². The van der Waals surface area contributed by atoms with E-state index in [1.54, 1.807) is 24.3 Å². The normalized spacial score (nSPS) is 17.3. The van der Waals surface area contributed by atoms with Crippen molar-refractivity contribution in [3.05, 3.63) is 64.4 Å². The zero-order chi connectivity index (χ0) is 21.4. The van der Waals surface area contributed by atoms with E-state index < -0.39 is 31.9 Å². The van der Waals surface area contributed by atoms with Crippen molar-refractivity contribution >= 4 is 43.0 Å². The van der Waals surface area contributed by atoms with Crippen LogP contribution in [0.15, 0.2) is 47.6 Å². The highest BCUT2D eigenvalue weighted by Gasteiger charge is 2.36. The first kappa shape index (κ1) is 21.5. The van der Waals surface area contributed by atoms with Gasteiger partial charge < -0.3 is 0 Å². The molecule has 2 aromatic carbocycles. The summed E-state index contributed by atoms with van der Waals surface area (Å²) < 4.78 is 65.1. The van der Waals surface area contributed by atoms with Gasteiger partial charge in [0.05, 0.1) is 28.8 Å². The number of hydrogen-bond donors (Lipinski definition) is 1. The quantitative estimate of drug-likeness (QED) is 0.716. The molecule has 0 radical (unpaired) electrons. The van der Waals surface area contributed by atoms with Gasteiger partial charge in [-0.25, -0.2) is 21.2 Å². The average Bonchev–Trinajstić information content (AvgIpc) is 3.09. The van der Waals surface area contributed by atoms with Crippen LogP contribution < -0.4 is 4.72 Å². The first-order valence-corrected chi connectivity index (χ1v) is 12.5. The largest absolute Gasteiger partial charge is 0.284 e. The molecule has 0 spiro atoms. The summed E-state index contributed by atoms with van der Waals surface area (Å²) in [6, 6.07) is 9.89. The second kappa shape index (κ2) is 7.92. The van der Waals surface area contributed by atoms with Crippen molar-refractivity contribution in [1.82, 2.24) is 4.41 Å². The third kappa shape index (κ3) is 4.88. The lowest BCUT2D eigenvalue weighted by atomic mass is 9.99. The standard InChI is InChI=1S/C18H19ClFN3O4S2/c1-3-29(26,27)23-18(13-7-8-16(20)15(19)10-13)11-17(21-23)12-5-4-6-14(9-12)22-28(2,24)25/h4-10,18,22H,3,11H2,1-2H3/t18-/m1/s1. The van der Waals surface area contributed by atoms with Crippen LogP contribution >= 0.6 is 11.6 Å². The number of hydrogen-bond acceptors (Lipinski definition) is 5. The first-order valence-electron chi connectivity index (χ1n) is 8.63. The fourth-order valence-corrected chi connectivity index (χ4v) is 4.81. The molecule has 2 aromatic rings. The zero-order valence-electron chi connectivity index (χ0n) is 15.6. The number of hydrazone groups is 1. The van der Waals surface area contributed by atoms with Crippen LogP contribution in [0.1, 0.15) is 30.5 Å². The molecule has 0 saturated carbocycles. The van der Waals surface area contributed by atoms with Crippen LogP contribution in [0.5, 0.6) is 0 Å². The summed E-state index contributed by atoms with van der Waals surface area (Å²) in [5.74, 6) is -0.760. The van der Waals surface area contributed by atoms with Crippen molar-refractivity contribution in [2.45, 2.75) is 19.4 Å². The summed E-state index contributed by atoms with van der Waals surface area (Å²) in [4.78, 5) is 0. The molecule has 0 amide bonds. The minimum Gasteiger partial charge on any atom is -0.284 e. The molecular weight excluding hydrogens is 441 g/mol. The molecule has 1 atom stereocenters. The minimum atomic E-state index is -3.70. The summed E-state index contributed by atoms with van der Waals surface area (Å²) >= 11 is 5.88. The van der Waals surface area contributed by atoms with Crippen molar-refractivity contribution in [3.8, 4) is 0 Å². The third-order valence-corrected chi connectivity index (χ3v) is 6.88. The van der Waals surface area contributed by atoms with Gasteiger partial charge in [0.1, 0.15) is 5.82 Å². The topological polar surface area (TPSA) is 95.9 Å². The van der Waals surface area contributed by atoms with Gasteiger partial charge in [0.15, 0.2) is 0 Å². The Morgan fingerprint density at radius 1 is 1.21 bits per heavy atom. The maximum atomic E-state index is 13.6. The van der Waals surface area contributed by atoms with Gasteiger partial charge >= 0.3 is 0 Å². The van der Waals surface area contributed by atoms with Crippen LogP contribution in [0.25, 0.3) is 0 Å². The second-order valence-corrected chi connectivity index (χ2v) is 10.8. The van der Waals surface area contributed by atoms with Crippen molar-refractivity contribution in [2.75, 3.05) is 16.7 Å². The molecule has 1 heterocycles. The van der Waals surface area contributed by atoms with Crippen LogP contribution in [-0.2, 0) is 20.0 Å². The predicted octanol–water partition coefficient (Wildman–Crippen LogP) is 3.35. The lowest BCUT2D eigenvalue weighted by Crippen LogP contribution is -2.28. The number of rotatable bonds is 6. The predicted molar refractivity (Wildman–Crippen MR) is 112 cm³/mol. The lowest BCUT2D eigenvalue weighted by Gasteiger charge is -2.22. The molecule has 7 nitrogen and oxygen atoms in total. The van der Waals surface area contributed by atoms with E-state index in [1.165, 1.54) is 25.1 Å². The summed E-state index contributed by atoms with van der Waals surface area (Å²) in [6.07, 6.45) is 1.26. The Bertz CT molecular complexity index is 1180. The number of anilines is 1. The number of halogens is 2. The van der Waals surface area contributed by atoms with Gasteiger partial charge in [-0.3, -0.25) is 4.72 Å². The molecular formula is C18H19ClFN3O4S2. The van der Waals surface area contributed by atoms with Gasteiger partial charge in [-0.2, -0.15) is 9.52 Å². The minimum absolute atomic E-state index is 0.107. The van der Waals surface area contributed by atoms with Crippen LogP contribution in [0.3, 0.4) is 0 Å². The van der Waals surface area contributed by atoms with Crippen molar-refractivity contribution in [3.63, 3.8) is 0 Å². The molecule has 3 rings (SSSR count). The number of sulfonamides is 2. The summed E-state index contributed by atoms with van der Waals surface area (Å²) in [6.45, 7) is 1.51. The fourth-order valence-electron chi connectivity index (χ4n) is 3.00. The Labute approximate surface area is 174 Å². The molecule has 0 fully saturated rings. The molecule has 0 bridgehead atoms. The maximum absolute atomic E-state index is 13.6. The summed E-state index contributed by atoms with van der Waals surface area (Å²) in [5.41, 5.74) is 1.89. The number of nitrogens with zero attached hydrogens (tertiary/aromatic N) is 2. The maximum Gasteiger partial charge on any atom is 0.250 e. The zero-order valence-corrected chi connectivity index (χ0v) is 18.0. The molecule has 1 aliphatic heterocycles. The number of nitrogens with one attached hydrogen (secondary N) is 1. The van der Waals surface area contributed by atoms with E-state index in [1.807, 2.05) is 0 Å². The Kier molecular flexibility index (Phi) is 5.88. The summed E-state index contributed by atoms with van der Waals surface area (Å²) in [5, 5.41) is 4.19. The van der Waals surface area contributed by atoms with Gasteiger partial charge in [-0.1, -0.05) is 29.8 Å². The van der Waals surface area contributed by atoms with Gasteiger partial charge in [0.2, 0.25) is 20.0 Å². The molecule has 0 aliphatic carbocycles. The monoisotopic (exact) mass is 459 g/mol. The van der Waals surface area contributed by atoms with E-state index in [0.717, 1.165) is 10.7 Å². The van der Waals surface area contributed by atoms with Crippen molar-refractivity contribution in [2.24, 2.45) is 5.10 Å². The lowest BCUT2D eigenvalue weighted by molar-refractivity contribution is 0.372. The summed E-state index contributed by atoms with van der Waals surface area (Å²) in [7, 11) is -7.16. The van der Waals surface area contributed by atoms with Gasteiger partial charge in [-0.05, 0) is 42.3 Å². The van der Waals surface area contributed by atoms with Gasteiger partial charge in [0, 0.05) is 12.1 Å². The fraction of sp³-hybridized carbons (Fsp3) is 0.278. The van der Waals surface area contributed by atoms with Crippen molar-refractivity contribution in [1.29, 1.82) is 0 Å². The van der Waals surface area contributed by atoms with Gasteiger partial charge in [0.25, 0.3) is 0 Å².